The van der Waals surface area contributed by atoms with Gasteiger partial charge in [-0.15, -0.1) is 0 Å². The summed E-state index contributed by atoms with van der Waals surface area (Å²) in [4.78, 5) is 8.89. The van der Waals surface area contributed by atoms with Gasteiger partial charge in [-0.1, -0.05) is 0 Å². The average molecular weight is 380 g/mol. The Bertz CT molecular complexity index is 245. The van der Waals surface area contributed by atoms with Crippen molar-refractivity contribution in [2.45, 2.75) is 12.4 Å². The monoisotopic (exact) mass is 378 g/mol. The third-order valence-corrected chi connectivity index (χ3v) is 0.850. The molecule has 0 aromatic carbocycles. The van der Waals surface area contributed by atoms with E-state index in [2.05, 4.69) is 0 Å². The van der Waals surface area contributed by atoms with Crippen LogP contribution in [0.3, 0.4) is 0 Å². The summed E-state index contributed by atoms with van der Waals surface area (Å²) in [6, 6.07) is 0. The number of carbonyl (C=O) groups excluding carboxylic acids is 1. The van der Waals surface area contributed by atoms with Gasteiger partial charge in [-0.05, 0) is 6.92 Å². The van der Waals surface area contributed by atoms with E-state index in [1.165, 1.54) is 0 Å². The quantitative estimate of drug-likeness (QED) is 0.299. The molecule has 0 aliphatic rings. The van der Waals surface area contributed by atoms with Gasteiger partial charge in [0, 0.05) is 28.3 Å². The summed E-state index contributed by atoms with van der Waals surface area (Å²) in [7, 11) is -6.09. The minimum Gasteiger partial charge on any atom is -0.741 e. The molecular weight excluding hydrogens is 377 g/mol. The molecule has 0 amide bonds. The summed E-state index contributed by atoms with van der Waals surface area (Å²) in [6.07, 6.45) is 0. The summed E-state index contributed by atoms with van der Waals surface area (Å²) in [5.74, 6) is -1.08. The maximum atomic E-state index is 10.7. The van der Waals surface area contributed by atoms with Crippen LogP contribution in [-0.4, -0.2) is 24.4 Å². The normalized spacial score (nSPS) is 9.79. The zero-order valence-electron chi connectivity index (χ0n) is 6.19. The van der Waals surface area contributed by atoms with E-state index in [0.717, 1.165) is 6.92 Å². The van der Waals surface area contributed by atoms with Gasteiger partial charge in [-0.3, -0.25) is 0 Å². The van der Waals surface area contributed by atoms with E-state index in [1.54, 1.807) is 0 Å². The fraction of sp³-hybridized carbons (Fsp3) is 0.667. The van der Waals surface area contributed by atoms with Crippen LogP contribution >= 0.6 is 0 Å². The zero-order chi connectivity index (χ0) is 10.6. The van der Waals surface area contributed by atoms with Crippen molar-refractivity contribution in [2.75, 3.05) is 0 Å². The smallest absolute Gasteiger partial charge is 0.741 e. The second-order valence-electron chi connectivity index (χ2n) is 1.39. The summed E-state index contributed by atoms with van der Waals surface area (Å²) in [6.45, 7) is 0.972. The molecule has 2 radical (unpaired) electrons. The fourth-order valence-corrected chi connectivity index (χ4v) is 0. The first-order chi connectivity index (χ1) is 4.98. The largest absolute Gasteiger partial charge is 2.00 e. The second kappa shape index (κ2) is 8.72. The van der Waals surface area contributed by atoms with E-state index in [9.17, 15) is 13.2 Å². The standard InChI is InChI=1S/C2H4O2.CHF3O3S.Ag.Cu/c1-2(3)4;2-1(3,4)8(5,6)7;;/h1H3,(H,3,4);(H,5,6,7);;/q;;;+2/p-2. The molecule has 0 aromatic heterocycles. The summed E-state index contributed by atoms with van der Waals surface area (Å²) in [5, 5.41) is 8.89. The maximum Gasteiger partial charge on any atom is 2.00 e. The molecule has 0 aliphatic heterocycles. The van der Waals surface area contributed by atoms with Crippen molar-refractivity contribution in [3.8, 4) is 0 Å². The number of carbonyl (C=O) groups is 1. The van der Waals surface area contributed by atoms with Crippen molar-refractivity contribution in [1.29, 1.82) is 0 Å². The van der Waals surface area contributed by atoms with Gasteiger partial charge >= 0.3 is 22.6 Å². The van der Waals surface area contributed by atoms with E-state index in [1.807, 2.05) is 0 Å². The van der Waals surface area contributed by atoms with Crippen molar-refractivity contribution in [3.05, 3.63) is 0 Å². The van der Waals surface area contributed by atoms with Gasteiger partial charge in [0.2, 0.25) is 0 Å². The van der Waals surface area contributed by atoms with Crippen LogP contribution in [0.15, 0.2) is 0 Å². The number of alkyl halides is 3. The SMILES string of the molecule is CC(=O)[O-].O=S(=O)([O-])C(F)(F)F.[Ag].[Cu+2]. The molecule has 0 N–H and O–H groups in total. The molecule has 0 aliphatic carbocycles. The Balaban J connectivity index is -0.0000000733. The predicted octanol–water partition coefficient (Wildman–Crippen LogP) is -1.20. The van der Waals surface area contributed by atoms with E-state index >= 15 is 0 Å². The summed E-state index contributed by atoms with van der Waals surface area (Å²) >= 11 is 0. The van der Waals surface area contributed by atoms with Gasteiger partial charge in [0.15, 0.2) is 10.1 Å². The predicted molar refractivity (Wildman–Crippen MR) is 26.4 cm³/mol. The number of halogens is 3. The molecule has 0 heterocycles. The zero-order valence-corrected chi connectivity index (χ0v) is 9.43. The number of hydrogen-bond acceptors (Lipinski definition) is 5. The van der Waals surface area contributed by atoms with Crippen LogP contribution < -0.4 is 5.11 Å². The molecule has 0 aromatic rings. The Morgan fingerprint density at radius 1 is 1.29 bits per heavy atom. The molecule has 0 rings (SSSR count). The second-order valence-corrected chi connectivity index (χ2v) is 2.76. The molecule has 0 saturated carbocycles. The topological polar surface area (TPSA) is 97.3 Å². The van der Waals surface area contributed by atoms with E-state index < -0.39 is 21.6 Å². The first-order valence-electron chi connectivity index (χ1n) is 2.18. The van der Waals surface area contributed by atoms with Gasteiger partial charge in [0.05, 0.1) is 0 Å². The van der Waals surface area contributed by atoms with Crippen LogP contribution in [0.2, 0.25) is 0 Å². The average Bonchev–Trinajstić information content (AvgIpc) is 1.55. The molecule has 5 nitrogen and oxygen atoms in total. The van der Waals surface area contributed by atoms with Crippen LogP contribution in [-0.2, 0) is 54.4 Å². The minimum absolute atomic E-state index is 0. The minimum atomic E-state index is -6.09. The van der Waals surface area contributed by atoms with Crippen LogP contribution in [0.1, 0.15) is 6.92 Å². The maximum absolute atomic E-state index is 10.7. The first-order valence-corrected chi connectivity index (χ1v) is 3.59. The number of carboxylic acids is 1. The van der Waals surface area contributed by atoms with Crippen molar-refractivity contribution < 1.29 is 75.5 Å². The molecular formula is C3H3AgCuF3O5S. The Kier molecular flexibility index (Phi) is 14.9. The number of aliphatic carboxylic acids is 1. The number of hydrogen-bond donors (Lipinski definition) is 0. The van der Waals surface area contributed by atoms with Crippen molar-refractivity contribution in [2.24, 2.45) is 0 Å². The van der Waals surface area contributed by atoms with Crippen LogP contribution in [0.4, 0.5) is 13.2 Å². The van der Waals surface area contributed by atoms with Crippen molar-refractivity contribution in [3.63, 3.8) is 0 Å². The molecule has 0 saturated heterocycles. The first kappa shape index (κ1) is 23.9. The molecule has 0 unspecified atom stereocenters. The Morgan fingerprint density at radius 2 is 1.36 bits per heavy atom. The van der Waals surface area contributed by atoms with E-state index in [4.69, 9.17) is 22.9 Å². The molecule has 94 valence electrons. The third-order valence-electron chi connectivity index (χ3n) is 0.283. The summed E-state index contributed by atoms with van der Waals surface area (Å²) < 4.78 is 58.9. The molecule has 14 heavy (non-hydrogen) atoms. The van der Waals surface area contributed by atoms with Crippen LogP contribution in [0.25, 0.3) is 0 Å². The molecule has 0 fully saturated rings. The van der Waals surface area contributed by atoms with Crippen molar-refractivity contribution in [1.82, 2.24) is 0 Å². The third kappa shape index (κ3) is 18.3. The van der Waals surface area contributed by atoms with Gasteiger partial charge < -0.3 is 14.5 Å². The molecule has 0 spiro atoms. The van der Waals surface area contributed by atoms with E-state index in [0.29, 0.717) is 0 Å². The fourth-order valence-electron chi connectivity index (χ4n) is 0. The Hall–Kier alpha value is 0.430. The Morgan fingerprint density at radius 3 is 1.36 bits per heavy atom. The Labute approximate surface area is 104 Å². The van der Waals surface area contributed by atoms with E-state index in [-0.39, 0.29) is 39.4 Å². The molecule has 0 bridgehead atoms. The van der Waals surface area contributed by atoms with Gasteiger partial charge in [-0.25, -0.2) is 8.42 Å². The van der Waals surface area contributed by atoms with Crippen molar-refractivity contribution >= 4 is 16.1 Å². The van der Waals surface area contributed by atoms with Gasteiger partial charge in [0.25, 0.3) is 0 Å². The molecule has 11 heteroatoms. The molecule has 0 atom stereocenters. The van der Waals surface area contributed by atoms with Gasteiger partial charge in [-0.2, -0.15) is 13.2 Å². The van der Waals surface area contributed by atoms with Gasteiger partial charge in [0.1, 0.15) is 0 Å². The number of carboxylic acid groups (broad SMARTS) is 1. The number of rotatable bonds is 0. The summed E-state index contributed by atoms with van der Waals surface area (Å²) in [5.41, 5.74) is -5.65. The van der Waals surface area contributed by atoms with Crippen LogP contribution in [0, 0.1) is 0 Å². The van der Waals surface area contributed by atoms with Crippen LogP contribution in [0.5, 0.6) is 0 Å².